The summed E-state index contributed by atoms with van der Waals surface area (Å²) >= 11 is 11.8. The summed E-state index contributed by atoms with van der Waals surface area (Å²) in [7, 11) is 3.98. The van der Waals surface area contributed by atoms with Crippen LogP contribution in [-0.2, 0) is 0 Å². The Morgan fingerprint density at radius 2 is 2.00 bits per heavy atom. The standard InChI is InChI=1S/C10H13Cl2NO/c1-13(2)6-7-14-9-5-3-4-8(11)10(9)12/h3-5H,6-7H2,1-2H3. The van der Waals surface area contributed by atoms with Crippen molar-refractivity contribution in [3.8, 4) is 5.75 Å². The largest absolute Gasteiger partial charge is 0.491 e. The van der Waals surface area contributed by atoms with Crippen LogP contribution in [0.15, 0.2) is 18.2 Å². The molecule has 0 saturated carbocycles. The molecule has 78 valence electrons. The van der Waals surface area contributed by atoms with E-state index in [1.165, 1.54) is 0 Å². The maximum atomic E-state index is 5.94. The van der Waals surface area contributed by atoms with Crippen molar-refractivity contribution in [1.29, 1.82) is 0 Å². The number of halogens is 2. The van der Waals surface area contributed by atoms with Crippen molar-refractivity contribution >= 4 is 23.2 Å². The van der Waals surface area contributed by atoms with Crippen molar-refractivity contribution in [2.24, 2.45) is 0 Å². The first-order chi connectivity index (χ1) is 6.61. The van der Waals surface area contributed by atoms with Crippen molar-refractivity contribution in [3.63, 3.8) is 0 Å². The lowest BCUT2D eigenvalue weighted by atomic mass is 10.3. The Hall–Kier alpha value is -0.440. The van der Waals surface area contributed by atoms with Crippen molar-refractivity contribution in [3.05, 3.63) is 28.2 Å². The Balaban J connectivity index is 2.54. The first-order valence-corrected chi connectivity index (χ1v) is 5.08. The molecule has 4 heteroatoms. The average Bonchev–Trinajstić information content (AvgIpc) is 2.12. The van der Waals surface area contributed by atoms with Gasteiger partial charge in [-0.05, 0) is 26.2 Å². The van der Waals surface area contributed by atoms with Gasteiger partial charge in [0.05, 0.1) is 5.02 Å². The highest BCUT2D eigenvalue weighted by Crippen LogP contribution is 2.31. The molecule has 0 saturated heterocycles. The normalized spacial score (nSPS) is 10.6. The molecular formula is C10H13Cl2NO. The molecule has 0 heterocycles. The van der Waals surface area contributed by atoms with Crippen LogP contribution >= 0.6 is 23.2 Å². The molecule has 0 aliphatic heterocycles. The molecule has 0 radical (unpaired) electrons. The van der Waals surface area contributed by atoms with Gasteiger partial charge < -0.3 is 9.64 Å². The quantitative estimate of drug-likeness (QED) is 0.794. The van der Waals surface area contributed by atoms with Gasteiger partial charge in [-0.3, -0.25) is 0 Å². The predicted molar refractivity (Wildman–Crippen MR) is 60.5 cm³/mol. The maximum Gasteiger partial charge on any atom is 0.139 e. The van der Waals surface area contributed by atoms with Crippen LogP contribution in [0.4, 0.5) is 0 Å². The Kier molecular flexibility index (Phi) is 4.52. The molecule has 1 aromatic rings. The molecule has 0 aliphatic rings. The molecule has 0 unspecified atom stereocenters. The predicted octanol–water partition coefficient (Wildman–Crippen LogP) is 2.93. The van der Waals surface area contributed by atoms with E-state index in [1.54, 1.807) is 6.07 Å². The Morgan fingerprint density at radius 3 is 2.64 bits per heavy atom. The molecule has 2 nitrogen and oxygen atoms in total. The summed E-state index contributed by atoms with van der Waals surface area (Å²) in [6, 6.07) is 5.37. The van der Waals surface area contributed by atoms with E-state index >= 15 is 0 Å². The van der Waals surface area contributed by atoms with Crippen molar-refractivity contribution in [1.82, 2.24) is 4.90 Å². The summed E-state index contributed by atoms with van der Waals surface area (Å²) in [5, 5.41) is 1.00. The van der Waals surface area contributed by atoms with Gasteiger partial charge in [-0.2, -0.15) is 0 Å². The van der Waals surface area contributed by atoms with E-state index in [1.807, 2.05) is 31.1 Å². The number of rotatable bonds is 4. The monoisotopic (exact) mass is 233 g/mol. The fourth-order valence-corrected chi connectivity index (χ4v) is 1.28. The third kappa shape index (κ3) is 3.37. The highest BCUT2D eigenvalue weighted by molar-refractivity contribution is 6.42. The van der Waals surface area contributed by atoms with Crippen LogP contribution in [0.3, 0.4) is 0 Å². The van der Waals surface area contributed by atoms with E-state index in [4.69, 9.17) is 27.9 Å². The topological polar surface area (TPSA) is 12.5 Å². The minimum atomic E-state index is 0.480. The number of hydrogen-bond donors (Lipinski definition) is 0. The van der Waals surface area contributed by atoms with E-state index < -0.39 is 0 Å². The van der Waals surface area contributed by atoms with Crippen molar-refractivity contribution < 1.29 is 4.74 Å². The Labute approximate surface area is 94.4 Å². The lowest BCUT2D eigenvalue weighted by Crippen LogP contribution is -2.19. The van der Waals surface area contributed by atoms with Crippen LogP contribution in [0.5, 0.6) is 5.75 Å². The molecule has 1 aromatic carbocycles. The van der Waals surface area contributed by atoms with Gasteiger partial charge in [0.2, 0.25) is 0 Å². The van der Waals surface area contributed by atoms with E-state index in [0.29, 0.717) is 22.4 Å². The molecular weight excluding hydrogens is 221 g/mol. The fourth-order valence-electron chi connectivity index (χ4n) is 0.934. The highest BCUT2D eigenvalue weighted by Gasteiger charge is 2.04. The molecule has 0 spiro atoms. The van der Waals surface area contributed by atoms with Gasteiger partial charge in [0.15, 0.2) is 0 Å². The van der Waals surface area contributed by atoms with Crippen LogP contribution in [0.1, 0.15) is 0 Å². The Bertz CT molecular complexity index is 302. The minimum absolute atomic E-state index is 0.480. The lowest BCUT2D eigenvalue weighted by Gasteiger charge is -2.12. The smallest absolute Gasteiger partial charge is 0.139 e. The van der Waals surface area contributed by atoms with E-state index in [2.05, 4.69) is 0 Å². The van der Waals surface area contributed by atoms with Crippen molar-refractivity contribution in [2.75, 3.05) is 27.2 Å². The zero-order chi connectivity index (χ0) is 10.6. The summed E-state index contributed by atoms with van der Waals surface area (Å²) in [5.74, 6) is 0.640. The van der Waals surface area contributed by atoms with E-state index in [9.17, 15) is 0 Å². The summed E-state index contributed by atoms with van der Waals surface area (Å²) in [4.78, 5) is 2.04. The average molecular weight is 234 g/mol. The minimum Gasteiger partial charge on any atom is -0.491 e. The second-order valence-electron chi connectivity index (χ2n) is 3.20. The molecule has 0 bridgehead atoms. The van der Waals surface area contributed by atoms with Gasteiger partial charge in [-0.15, -0.1) is 0 Å². The summed E-state index contributed by atoms with van der Waals surface area (Å²) < 4.78 is 5.47. The van der Waals surface area contributed by atoms with Crippen LogP contribution in [0.25, 0.3) is 0 Å². The zero-order valence-corrected chi connectivity index (χ0v) is 9.77. The van der Waals surface area contributed by atoms with Gasteiger partial charge >= 0.3 is 0 Å². The second-order valence-corrected chi connectivity index (χ2v) is 3.99. The third-order valence-electron chi connectivity index (χ3n) is 1.71. The second kappa shape index (κ2) is 5.44. The molecule has 0 amide bonds. The SMILES string of the molecule is CN(C)CCOc1cccc(Cl)c1Cl. The first-order valence-electron chi connectivity index (χ1n) is 4.33. The molecule has 14 heavy (non-hydrogen) atoms. The van der Waals surface area contributed by atoms with Crippen LogP contribution < -0.4 is 4.74 Å². The van der Waals surface area contributed by atoms with Gasteiger partial charge in [0.25, 0.3) is 0 Å². The van der Waals surface area contributed by atoms with Crippen LogP contribution in [-0.4, -0.2) is 32.1 Å². The van der Waals surface area contributed by atoms with Gasteiger partial charge in [0, 0.05) is 6.54 Å². The molecule has 0 fully saturated rings. The van der Waals surface area contributed by atoms with Gasteiger partial charge in [-0.1, -0.05) is 29.3 Å². The Morgan fingerprint density at radius 1 is 1.29 bits per heavy atom. The van der Waals surface area contributed by atoms with Gasteiger partial charge in [-0.25, -0.2) is 0 Å². The third-order valence-corrected chi connectivity index (χ3v) is 2.51. The van der Waals surface area contributed by atoms with Crippen LogP contribution in [0, 0.1) is 0 Å². The molecule has 0 aliphatic carbocycles. The molecule has 1 rings (SSSR count). The highest BCUT2D eigenvalue weighted by atomic mass is 35.5. The first kappa shape index (κ1) is 11.6. The molecule has 0 aromatic heterocycles. The number of hydrogen-bond acceptors (Lipinski definition) is 2. The fraction of sp³-hybridized carbons (Fsp3) is 0.400. The maximum absolute atomic E-state index is 5.94. The number of benzene rings is 1. The van der Waals surface area contributed by atoms with Gasteiger partial charge in [0.1, 0.15) is 17.4 Å². The van der Waals surface area contributed by atoms with Crippen molar-refractivity contribution in [2.45, 2.75) is 0 Å². The van der Waals surface area contributed by atoms with Crippen LogP contribution in [0.2, 0.25) is 10.0 Å². The van der Waals surface area contributed by atoms with E-state index in [-0.39, 0.29) is 0 Å². The van der Waals surface area contributed by atoms with E-state index in [0.717, 1.165) is 6.54 Å². The number of likely N-dealkylation sites (N-methyl/N-ethyl adjacent to an activating group) is 1. The summed E-state index contributed by atoms with van der Waals surface area (Å²) in [6.07, 6.45) is 0. The zero-order valence-electron chi connectivity index (χ0n) is 8.26. The number of ether oxygens (including phenoxy) is 1. The molecule has 0 atom stereocenters. The summed E-state index contributed by atoms with van der Waals surface area (Å²) in [6.45, 7) is 1.45. The number of nitrogens with zero attached hydrogens (tertiary/aromatic N) is 1. The summed E-state index contributed by atoms with van der Waals surface area (Å²) in [5.41, 5.74) is 0. The lowest BCUT2D eigenvalue weighted by molar-refractivity contribution is 0.261. The molecule has 0 N–H and O–H groups in total.